The van der Waals surface area contributed by atoms with E-state index in [9.17, 15) is 4.79 Å². The molecule has 2 fully saturated rings. The summed E-state index contributed by atoms with van der Waals surface area (Å²) in [6.45, 7) is 0. The molecule has 2 aliphatic carbocycles. The van der Waals surface area contributed by atoms with Gasteiger partial charge >= 0.3 is 0 Å². The second-order valence-electron chi connectivity index (χ2n) is 7.16. The van der Waals surface area contributed by atoms with Gasteiger partial charge in [-0.1, -0.05) is 56.4 Å². The summed E-state index contributed by atoms with van der Waals surface area (Å²) in [4.78, 5) is 13.2. The zero-order valence-electron chi connectivity index (χ0n) is 13.4. The van der Waals surface area contributed by atoms with Gasteiger partial charge in [-0.05, 0) is 43.1 Å². The number of halogens is 1. The fraction of sp³-hybridized carbons (Fsp3) is 0.650. The minimum Gasteiger partial charge on any atom is -0.294 e. The third-order valence-electron chi connectivity index (χ3n) is 5.76. The van der Waals surface area contributed by atoms with Crippen molar-refractivity contribution in [2.45, 2.75) is 63.7 Å². The van der Waals surface area contributed by atoms with Crippen molar-refractivity contribution >= 4 is 17.4 Å². The lowest BCUT2D eigenvalue weighted by molar-refractivity contribution is 0.0760. The van der Waals surface area contributed by atoms with Gasteiger partial charge in [0.2, 0.25) is 0 Å². The Kier molecular flexibility index (Phi) is 5.57. The van der Waals surface area contributed by atoms with Crippen LogP contribution in [0.2, 0.25) is 0 Å². The van der Waals surface area contributed by atoms with Crippen molar-refractivity contribution in [2.24, 2.45) is 17.8 Å². The molecule has 120 valence electrons. The van der Waals surface area contributed by atoms with Crippen molar-refractivity contribution in [3.8, 4) is 0 Å². The van der Waals surface area contributed by atoms with Crippen LogP contribution in [0.15, 0.2) is 24.3 Å². The van der Waals surface area contributed by atoms with Crippen LogP contribution in [0.25, 0.3) is 0 Å². The van der Waals surface area contributed by atoms with Crippen LogP contribution in [0.5, 0.6) is 0 Å². The van der Waals surface area contributed by atoms with Crippen LogP contribution in [0.1, 0.15) is 73.7 Å². The van der Waals surface area contributed by atoms with Crippen molar-refractivity contribution < 1.29 is 4.79 Å². The lowest BCUT2D eigenvalue weighted by Crippen LogP contribution is -2.31. The number of hydrogen-bond acceptors (Lipinski definition) is 1. The van der Waals surface area contributed by atoms with Gasteiger partial charge in [0, 0.05) is 17.4 Å². The number of benzene rings is 1. The molecule has 3 rings (SSSR count). The van der Waals surface area contributed by atoms with E-state index in [2.05, 4.69) is 0 Å². The van der Waals surface area contributed by atoms with E-state index in [1.54, 1.807) is 0 Å². The van der Waals surface area contributed by atoms with E-state index in [0.717, 1.165) is 11.1 Å². The van der Waals surface area contributed by atoms with E-state index in [0.29, 0.717) is 23.5 Å². The van der Waals surface area contributed by atoms with Crippen LogP contribution in [0, 0.1) is 17.8 Å². The summed E-state index contributed by atoms with van der Waals surface area (Å²) in [5.41, 5.74) is 1.99. The Balaban J connectivity index is 1.81. The smallest absolute Gasteiger partial charge is 0.166 e. The Bertz CT molecular complexity index is 481. The highest BCUT2D eigenvalue weighted by Gasteiger charge is 2.37. The van der Waals surface area contributed by atoms with Crippen molar-refractivity contribution in [3.05, 3.63) is 35.4 Å². The highest BCUT2D eigenvalue weighted by Crippen LogP contribution is 2.42. The first-order chi connectivity index (χ1) is 10.8. The number of carbonyl (C=O) groups is 1. The summed E-state index contributed by atoms with van der Waals surface area (Å²) < 4.78 is 0. The standard InChI is InChI=1S/C20H27ClO/c21-14-15-10-12-18(13-11-15)20(22)19(17-8-4-5-9-17)16-6-2-1-3-7-16/h10-13,16-17,19H,1-9,14H2. The van der Waals surface area contributed by atoms with Crippen molar-refractivity contribution in [2.75, 3.05) is 0 Å². The summed E-state index contributed by atoms with van der Waals surface area (Å²) >= 11 is 5.86. The molecular formula is C20H27ClO. The molecule has 0 spiro atoms. The van der Waals surface area contributed by atoms with Crippen LogP contribution < -0.4 is 0 Å². The minimum atomic E-state index is 0.268. The summed E-state index contributed by atoms with van der Waals surface area (Å²) in [7, 11) is 0. The van der Waals surface area contributed by atoms with Gasteiger partial charge in [0.15, 0.2) is 5.78 Å². The minimum absolute atomic E-state index is 0.268. The largest absolute Gasteiger partial charge is 0.294 e. The molecule has 1 aromatic carbocycles. The Morgan fingerprint density at radius 1 is 0.909 bits per heavy atom. The number of Topliss-reactive ketones (excluding diaryl/α,β-unsaturated/α-hetero) is 1. The zero-order chi connectivity index (χ0) is 15.4. The lowest BCUT2D eigenvalue weighted by Gasteiger charge is -2.33. The Labute approximate surface area is 139 Å². The third-order valence-corrected chi connectivity index (χ3v) is 6.07. The molecule has 0 heterocycles. The van der Waals surface area contributed by atoms with E-state index < -0.39 is 0 Å². The molecule has 2 aliphatic rings. The maximum atomic E-state index is 13.2. The van der Waals surface area contributed by atoms with Gasteiger partial charge < -0.3 is 0 Å². The molecule has 0 radical (unpaired) electrons. The zero-order valence-corrected chi connectivity index (χ0v) is 14.2. The second kappa shape index (κ2) is 7.64. The number of carbonyl (C=O) groups excluding carboxylic acids is 1. The predicted molar refractivity (Wildman–Crippen MR) is 92.4 cm³/mol. The average molecular weight is 319 g/mol. The van der Waals surface area contributed by atoms with Crippen LogP contribution in [0.3, 0.4) is 0 Å². The molecule has 22 heavy (non-hydrogen) atoms. The van der Waals surface area contributed by atoms with E-state index in [-0.39, 0.29) is 5.92 Å². The highest BCUT2D eigenvalue weighted by molar-refractivity contribution is 6.17. The number of alkyl halides is 1. The molecule has 1 aromatic rings. The van der Waals surface area contributed by atoms with Crippen molar-refractivity contribution in [1.82, 2.24) is 0 Å². The SMILES string of the molecule is O=C(c1ccc(CCl)cc1)C(C1CCCCC1)C1CCCC1. The second-order valence-corrected chi connectivity index (χ2v) is 7.43. The van der Waals surface area contributed by atoms with Crippen molar-refractivity contribution in [1.29, 1.82) is 0 Å². The van der Waals surface area contributed by atoms with Gasteiger partial charge in [-0.25, -0.2) is 0 Å². The average Bonchev–Trinajstić information content (AvgIpc) is 3.10. The molecule has 0 aromatic heterocycles. The first-order valence-electron chi connectivity index (χ1n) is 8.98. The van der Waals surface area contributed by atoms with Gasteiger partial charge in [-0.15, -0.1) is 11.6 Å². The molecule has 0 bridgehead atoms. The monoisotopic (exact) mass is 318 g/mol. The summed E-state index contributed by atoms with van der Waals surface area (Å²) in [5.74, 6) is 2.44. The van der Waals surface area contributed by atoms with Gasteiger partial charge in [0.1, 0.15) is 0 Å². The van der Waals surface area contributed by atoms with Crippen LogP contribution >= 0.6 is 11.6 Å². The molecule has 1 unspecified atom stereocenters. The lowest BCUT2D eigenvalue weighted by atomic mass is 9.70. The molecule has 2 saturated carbocycles. The first kappa shape index (κ1) is 16.1. The Hall–Kier alpha value is -0.820. The Morgan fingerprint density at radius 3 is 1.91 bits per heavy atom. The quantitative estimate of drug-likeness (QED) is 0.481. The summed E-state index contributed by atoms with van der Waals surface area (Å²) in [5, 5.41) is 0. The van der Waals surface area contributed by atoms with Crippen LogP contribution in [0.4, 0.5) is 0 Å². The van der Waals surface area contributed by atoms with Gasteiger partial charge in [-0.3, -0.25) is 4.79 Å². The molecule has 0 amide bonds. The first-order valence-corrected chi connectivity index (χ1v) is 9.52. The van der Waals surface area contributed by atoms with Crippen molar-refractivity contribution in [3.63, 3.8) is 0 Å². The van der Waals surface area contributed by atoms with Gasteiger partial charge in [-0.2, -0.15) is 0 Å². The highest BCUT2D eigenvalue weighted by atomic mass is 35.5. The Morgan fingerprint density at radius 2 is 1.41 bits per heavy atom. The molecule has 0 aliphatic heterocycles. The van der Waals surface area contributed by atoms with Gasteiger partial charge in [0.05, 0.1) is 0 Å². The molecule has 1 nitrogen and oxygen atoms in total. The molecule has 0 N–H and O–H groups in total. The fourth-order valence-electron chi connectivity index (χ4n) is 4.57. The predicted octanol–water partition coefficient (Wildman–Crippen LogP) is 5.99. The van der Waals surface area contributed by atoms with E-state index in [4.69, 9.17) is 11.6 Å². The maximum absolute atomic E-state index is 13.2. The molecule has 1 atom stereocenters. The van der Waals surface area contributed by atoms with Gasteiger partial charge in [0.25, 0.3) is 0 Å². The topological polar surface area (TPSA) is 17.1 Å². The molecule has 2 heteroatoms. The van der Waals surface area contributed by atoms with E-state index in [1.807, 2.05) is 24.3 Å². The third kappa shape index (κ3) is 3.56. The number of ketones is 1. The normalized spacial score (nSPS) is 21.9. The number of hydrogen-bond donors (Lipinski definition) is 0. The molecular weight excluding hydrogens is 292 g/mol. The fourth-order valence-corrected chi connectivity index (χ4v) is 4.75. The molecule has 0 saturated heterocycles. The van der Waals surface area contributed by atoms with E-state index in [1.165, 1.54) is 57.8 Å². The number of rotatable bonds is 5. The summed E-state index contributed by atoms with van der Waals surface area (Å²) in [6, 6.07) is 8.00. The van der Waals surface area contributed by atoms with Crippen LogP contribution in [-0.4, -0.2) is 5.78 Å². The van der Waals surface area contributed by atoms with E-state index >= 15 is 0 Å². The maximum Gasteiger partial charge on any atom is 0.166 e. The van der Waals surface area contributed by atoms with Crippen LogP contribution in [-0.2, 0) is 5.88 Å². The summed E-state index contributed by atoms with van der Waals surface area (Å²) in [6.07, 6.45) is 11.6.